The maximum Gasteiger partial charge on any atom is 0.321 e. The van der Waals surface area contributed by atoms with E-state index in [1.54, 1.807) is 0 Å². The van der Waals surface area contributed by atoms with Gasteiger partial charge < -0.3 is 14.8 Å². The van der Waals surface area contributed by atoms with Crippen LogP contribution in [0.25, 0.3) is 0 Å². The first kappa shape index (κ1) is 17.2. The topological polar surface area (TPSA) is 76.7 Å². The van der Waals surface area contributed by atoms with Gasteiger partial charge in [-0.25, -0.2) is 4.79 Å². The average Bonchev–Trinajstić information content (AvgIpc) is 2.66. The summed E-state index contributed by atoms with van der Waals surface area (Å²) in [4.78, 5) is 24.9. The maximum absolute atomic E-state index is 12.6. The van der Waals surface area contributed by atoms with Crippen molar-refractivity contribution in [2.24, 2.45) is 0 Å². The Morgan fingerprint density at radius 2 is 1.76 bits per heavy atom. The Kier molecular flexibility index (Phi) is 5.45. The zero-order chi connectivity index (χ0) is 17.6. The Bertz CT molecular complexity index is 767. The second-order valence-corrected chi connectivity index (χ2v) is 6.46. The van der Waals surface area contributed by atoms with Crippen molar-refractivity contribution in [3.63, 3.8) is 0 Å². The summed E-state index contributed by atoms with van der Waals surface area (Å²) in [5.74, 6) is 0.974. The maximum atomic E-state index is 12.6. The monoisotopic (exact) mass is 358 g/mol. The Balaban J connectivity index is 1.84. The number of urea groups is 1. The second-order valence-electron chi connectivity index (χ2n) is 5.28. The molecular weight excluding hydrogens is 340 g/mol. The molecule has 25 heavy (non-hydrogen) atoms. The molecule has 3 rings (SSSR count). The highest BCUT2D eigenvalue weighted by atomic mass is 32.2. The molecule has 0 aromatic heterocycles. The van der Waals surface area contributed by atoms with Crippen LogP contribution in [-0.4, -0.2) is 32.2 Å². The quantitative estimate of drug-likeness (QED) is 0.822. The zero-order valence-corrected chi connectivity index (χ0v) is 14.5. The van der Waals surface area contributed by atoms with Gasteiger partial charge in [-0.05, 0) is 23.8 Å². The van der Waals surface area contributed by atoms with Crippen LogP contribution >= 0.6 is 11.8 Å². The third-order valence-corrected chi connectivity index (χ3v) is 4.82. The average molecular weight is 358 g/mol. The van der Waals surface area contributed by atoms with E-state index >= 15 is 0 Å². The molecule has 0 bridgehead atoms. The SMILES string of the molecule is CNC(=O)NC(=O)C(Sc1ccc2c(c1)OCCO2)c1ccccc1. The molecular formula is C18H18N2O4S. The van der Waals surface area contributed by atoms with E-state index in [2.05, 4.69) is 10.6 Å². The Morgan fingerprint density at radius 1 is 1.04 bits per heavy atom. The van der Waals surface area contributed by atoms with E-state index in [0.29, 0.717) is 24.7 Å². The molecule has 130 valence electrons. The minimum Gasteiger partial charge on any atom is -0.486 e. The second kappa shape index (κ2) is 7.94. The Labute approximate surface area is 149 Å². The summed E-state index contributed by atoms with van der Waals surface area (Å²) in [6.45, 7) is 1.03. The number of nitrogens with one attached hydrogen (secondary N) is 2. The summed E-state index contributed by atoms with van der Waals surface area (Å²) in [5.41, 5.74) is 0.809. The van der Waals surface area contributed by atoms with E-state index in [4.69, 9.17) is 9.47 Å². The number of ether oxygens (including phenoxy) is 2. The van der Waals surface area contributed by atoms with E-state index in [0.717, 1.165) is 10.5 Å². The van der Waals surface area contributed by atoms with Gasteiger partial charge in [0.2, 0.25) is 5.91 Å². The minimum absolute atomic E-state index is 0.384. The predicted molar refractivity (Wildman–Crippen MR) is 95.1 cm³/mol. The van der Waals surface area contributed by atoms with Gasteiger partial charge in [0.25, 0.3) is 0 Å². The van der Waals surface area contributed by atoms with Crippen molar-refractivity contribution in [1.82, 2.24) is 10.6 Å². The van der Waals surface area contributed by atoms with Crippen molar-refractivity contribution in [3.05, 3.63) is 54.1 Å². The number of amides is 3. The first-order valence-corrected chi connectivity index (χ1v) is 8.69. The molecule has 2 N–H and O–H groups in total. The Hall–Kier alpha value is -2.67. The van der Waals surface area contributed by atoms with E-state index in [1.165, 1.54) is 18.8 Å². The zero-order valence-electron chi connectivity index (χ0n) is 13.7. The van der Waals surface area contributed by atoms with Crippen LogP contribution in [0, 0.1) is 0 Å². The van der Waals surface area contributed by atoms with Crippen molar-refractivity contribution in [3.8, 4) is 11.5 Å². The van der Waals surface area contributed by atoms with Crippen molar-refractivity contribution in [2.45, 2.75) is 10.1 Å². The molecule has 2 aromatic rings. The molecule has 1 aliphatic heterocycles. The summed E-state index contributed by atoms with van der Waals surface area (Å²) in [7, 11) is 1.47. The molecule has 7 heteroatoms. The molecule has 1 unspecified atom stereocenters. The summed E-state index contributed by atoms with van der Waals surface area (Å²) >= 11 is 1.35. The standard InChI is InChI=1S/C18H18N2O4S/c1-19-18(22)20-17(21)16(12-5-3-2-4-6-12)25-13-7-8-14-15(11-13)24-10-9-23-14/h2-8,11,16H,9-10H2,1H3,(H2,19,20,21,22). The van der Waals surface area contributed by atoms with Gasteiger partial charge in [-0.15, -0.1) is 11.8 Å². The van der Waals surface area contributed by atoms with Crippen LogP contribution in [0.2, 0.25) is 0 Å². The molecule has 3 amide bonds. The van der Waals surface area contributed by atoms with Crippen LogP contribution in [0.3, 0.4) is 0 Å². The van der Waals surface area contributed by atoms with Gasteiger partial charge in [-0.2, -0.15) is 0 Å². The van der Waals surface area contributed by atoms with Crippen molar-refractivity contribution in [1.29, 1.82) is 0 Å². The lowest BCUT2D eigenvalue weighted by molar-refractivity contribution is -0.119. The van der Waals surface area contributed by atoms with Crippen LogP contribution in [0.15, 0.2) is 53.4 Å². The third-order valence-electron chi connectivity index (χ3n) is 3.57. The molecule has 0 radical (unpaired) electrons. The molecule has 1 atom stereocenters. The number of carbonyl (C=O) groups is 2. The largest absolute Gasteiger partial charge is 0.486 e. The highest BCUT2D eigenvalue weighted by Crippen LogP contribution is 2.40. The normalized spacial score (nSPS) is 13.6. The number of fused-ring (bicyclic) bond motifs is 1. The first-order chi connectivity index (χ1) is 12.2. The lowest BCUT2D eigenvalue weighted by Gasteiger charge is -2.20. The highest BCUT2D eigenvalue weighted by Gasteiger charge is 2.24. The number of rotatable bonds is 4. The highest BCUT2D eigenvalue weighted by molar-refractivity contribution is 8.00. The first-order valence-electron chi connectivity index (χ1n) is 7.81. The molecule has 2 aromatic carbocycles. The number of carbonyl (C=O) groups excluding carboxylic acids is 2. The van der Waals surface area contributed by atoms with E-state index in [9.17, 15) is 9.59 Å². The van der Waals surface area contributed by atoms with Crippen LogP contribution in [0.4, 0.5) is 4.79 Å². The number of benzene rings is 2. The fourth-order valence-corrected chi connectivity index (χ4v) is 3.43. The fraction of sp³-hybridized carbons (Fsp3) is 0.222. The number of hydrogen-bond acceptors (Lipinski definition) is 5. The Morgan fingerprint density at radius 3 is 2.48 bits per heavy atom. The van der Waals surface area contributed by atoms with Crippen molar-refractivity contribution in [2.75, 3.05) is 20.3 Å². The van der Waals surface area contributed by atoms with Crippen molar-refractivity contribution >= 4 is 23.7 Å². The van der Waals surface area contributed by atoms with Crippen LogP contribution < -0.4 is 20.1 Å². The molecule has 0 aliphatic carbocycles. The summed E-state index contributed by atoms with van der Waals surface area (Å²) in [5, 5.41) is 4.17. The number of imide groups is 1. The fourth-order valence-electron chi connectivity index (χ4n) is 2.37. The van der Waals surface area contributed by atoms with E-state index < -0.39 is 11.3 Å². The van der Waals surface area contributed by atoms with Gasteiger partial charge in [-0.3, -0.25) is 10.1 Å². The molecule has 0 fully saturated rings. The summed E-state index contributed by atoms with van der Waals surface area (Å²) in [6.07, 6.45) is 0. The number of thioether (sulfide) groups is 1. The molecule has 1 heterocycles. The van der Waals surface area contributed by atoms with Gasteiger partial charge in [0, 0.05) is 11.9 Å². The lowest BCUT2D eigenvalue weighted by Crippen LogP contribution is -2.39. The van der Waals surface area contributed by atoms with Crippen LogP contribution in [-0.2, 0) is 4.79 Å². The van der Waals surface area contributed by atoms with Crippen LogP contribution in [0.5, 0.6) is 11.5 Å². The lowest BCUT2D eigenvalue weighted by atomic mass is 10.1. The van der Waals surface area contributed by atoms with E-state index in [1.807, 2.05) is 48.5 Å². The number of hydrogen-bond donors (Lipinski definition) is 2. The minimum atomic E-state index is -0.568. The van der Waals surface area contributed by atoms with Gasteiger partial charge in [0.1, 0.15) is 18.5 Å². The molecule has 1 aliphatic rings. The predicted octanol–water partition coefficient (Wildman–Crippen LogP) is 2.75. The van der Waals surface area contributed by atoms with Gasteiger partial charge in [0.05, 0.1) is 0 Å². The molecule has 6 nitrogen and oxygen atoms in total. The summed E-state index contributed by atoms with van der Waals surface area (Å²) in [6, 6.07) is 14.3. The van der Waals surface area contributed by atoms with E-state index in [-0.39, 0.29) is 5.91 Å². The van der Waals surface area contributed by atoms with Crippen LogP contribution in [0.1, 0.15) is 10.8 Å². The van der Waals surface area contributed by atoms with Crippen molar-refractivity contribution < 1.29 is 19.1 Å². The molecule has 0 saturated heterocycles. The molecule has 0 saturated carbocycles. The summed E-state index contributed by atoms with van der Waals surface area (Å²) < 4.78 is 11.1. The van der Waals surface area contributed by atoms with Gasteiger partial charge in [0.15, 0.2) is 11.5 Å². The third kappa shape index (κ3) is 4.24. The van der Waals surface area contributed by atoms with Gasteiger partial charge >= 0.3 is 6.03 Å². The smallest absolute Gasteiger partial charge is 0.321 e. The van der Waals surface area contributed by atoms with Gasteiger partial charge in [-0.1, -0.05) is 30.3 Å². The molecule has 0 spiro atoms.